The number of fused-ring (bicyclic) bond motifs is 1. The van der Waals surface area contributed by atoms with E-state index in [0.29, 0.717) is 6.42 Å². The zero-order valence-electron chi connectivity index (χ0n) is 13.3. The first-order valence-electron chi connectivity index (χ1n) is 7.39. The molecule has 2 aliphatic rings. The Morgan fingerprint density at radius 2 is 1.67 bits per heavy atom. The first-order chi connectivity index (χ1) is 9.66. The molecule has 3 nitrogen and oxygen atoms in total. The van der Waals surface area contributed by atoms with E-state index in [4.69, 9.17) is 9.47 Å². The summed E-state index contributed by atoms with van der Waals surface area (Å²) in [6, 6.07) is 9.97. The number of esters is 1. The van der Waals surface area contributed by atoms with Crippen LogP contribution in [0.4, 0.5) is 0 Å². The molecule has 1 unspecified atom stereocenters. The zero-order valence-corrected chi connectivity index (χ0v) is 14.3. The van der Waals surface area contributed by atoms with Gasteiger partial charge in [0.15, 0.2) is 11.4 Å². The van der Waals surface area contributed by atoms with Gasteiger partial charge >= 0.3 is 5.97 Å². The van der Waals surface area contributed by atoms with Gasteiger partial charge in [-0.3, -0.25) is 0 Å². The smallest absolute Gasteiger partial charge is 0.334 e. The molecule has 0 bridgehead atoms. The Bertz CT molecular complexity index is 625. The van der Waals surface area contributed by atoms with Crippen molar-refractivity contribution < 1.29 is 14.3 Å². The second-order valence-corrected chi connectivity index (χ2v) is 12.6. The Balaban J connectivity index is 2.24. The van der Waals surface area contributed by atoms with E-state index in [-0.39, 0.29) is 11.6 Å². The molecule has 0 aliphatic carbocycles. The van der Waals surface area contributed by atoms with Crippen LogP contribution in [0.1, 0.15) is 25.8 Å². The highest BCUT2D eigenvalue weighted by Gasteiger charge is 2.61. The third kappa shape index (κ3) is 2.13. The number of ether oxygens (including phenoxy) is 2. The molecule has 0 spiro atoms. The molecule has 1 aromatic carbocycles. The van der Waals surface area contributed by atoms with E-state index in [1.165, 1.54) is 0 Å². The number of hydrogen-bond acceptors (Lipinski definition) is 3. The fraction of sp³-hybridized carbons (Fsp3) is 0.471. The molecule has 1 atom stereocenters. The van der Waals surface area contributed by atoms with E-state index in [0.717, 1.165) is 16.5 Å². The first kappa shape index (κ1) is 14.4. The van der Waals surface area contributed by atoms with Crippen molar-refractivity contribution in [3.63, 3.8) is 0 Å². The number of hydrogen-bond donors (Lipinski definition) is 0. The van der Waals surface area contributed by atoms with Crippen LogP contribution in [0.3, 0.4) is 0 Å². The Morgan fingerprint density at radius 3 is 2.24 bits per heavy atom. The van der Waals surface area contributed by atoms with Crippen molar-refractivity contribution in [2.24, 2.45) is 0 Å². The van der Waals surface area contributed by atoms with Gasteiger partial charge in [-0.1, -0.05) is 50.0 Å². The Kier molecular flexibility index (Phi) is 2.90. The maximum atomic E-state index is 12.5. The van der Waals surface area contributed by atoms with Crippen LogP contribution >= 0.6 is 0 Å². The van der Waals surface area contributed by atoms with E-state index in [2.05, 4.69) is 33.5 Å². The summed E-state index contributed by atoms with van der Waals surface area (Å²) in [6.07, 6.45) is 0.666. The van der Waals surface area contributed by atoms with Gasteiger partial charge in [0.25, 0.3) is 0 Å². The van der Waals surface area contributed by atoms with Crippen molar-refractivity contribution in [2.75, 3.05) is 0 Å². The summed E-state index contributed by atoms with van der Waals surface area (Å²) < 4.78 is 12.1. The molecule has 0 saturated carbocycles. The number of rotatable bonds is 2. The predicted molar refractivity (Wildman–Crippen MR) is 84.4 cm³/mol. The van der Waals surface area contributed by atoms with Gasteiger partial charge in [0.05, 0.1) is 13.3 Å². The van der Waals surface area contributed by atoms with Crippen LogP contribution in [0.25, 0.3) is 0 Å². The van der Waals surface area contributed by atoms with Crippen molar-refractivity contribution in [1.29, 1.82) is 0 Å². The maximum absolute atomic E-state index is 12.5. The van der Waals surface area contributed by atoms with Crippen molar-refractivity contribution in [2.45, 2.75) is 51.1 Å². The van der Waals surface area contributed by atoms with Crippen LogP contribution < -0.4 is 0 Å². The third-order valence-corrected chi connectivity index (χ3v) is 6.04. The molecule has 0 N–H and O–H groups in total. The minimum Gasteiger partial charge on any atom is -0.487 e. The van der Waals surface area contributed by atoms with Crippen molar-refractivity contribution in [3.05, 3.63) is 46.9 Å². The minimum atomic E-state index is -1.84. The molecular weight excluding hydrogens is 280 g/mol. The lowest BCUT2D eigenvalue weighted by molar-refractivity contribution is -0.147. The third-order valence-electron chi connectivity index (χ3n) is 4.11. The zero-order chi connectivity index (χ0) is 15.5. The van der Waals surface area contributed by atoms with Crippen molar-refractivity contribution in [3.8, 4) is 0 Å². The van der Waals surface area contributed by atoms with E-state index in [9.17, 15) is 4.79 Å². The average molecular weight is 302 g/mol. The van der Waals surface area contributed by atoms with Crippen LogP contribution in [0.15, 0.2) is 41.3 Å². The van der Waals surface area contributed by atoms with Gasteiger partial charge < -0.3 is 9.47 Å². The second kappa shape index (κ2) is 4.23. The normalized spacial score (nSPS) is 27.4. The molecule has 1 saturated heterocycles. The summed E-state index contributed by atoms with van der Waals surface area (Å²) in [5.41, 5.74) is -0.0407. The number of benzene rings is 1. The molecule has 112 valence electrons. The van der Waals surface area contributed by atoms with E-state index in [1.807, 2.05) is 30.3 Å². The average Bonchev–Trinajstić information content (AvgIpc) is 2.75. The van der Waals surface area contributed by atoms with Gasteiger partial charge in [-0.2, -0.15) is 0 Å². The lowest BCUT2D eigenvalue weighted by atomic mass is 9.86. The Morgan fingerprint density at radius 1 is 1.05 bits per heavy atom. The highest BCUT2D eigenvalue weighted by atomic mass is 28.3. The molecule has 4 heteroatoms. The van der Waals surface area contributed by atoms with Crippen LogP contribution in [-0.2, 0) is 19.9 Å². The number of carbonyl (C=O) groups excluding carboxylic acids is 1. The standard InChI is InChI=1S/C17H22O3Si/c1-16(2)11-17(12-9-7-6-8-10-12)14(19-16)13(15(18)20-17)21(3,4)5/h6-10H,11H2,1-5H3. The maximum Gasteiger partial charge on any atom is 0.334 e. The summed E-state index contributed by atoms with van der Waals surface area (Å²) in [7, 11) is -1.84. The molecule has 1 fully saturated rings. The highest BCUT2D eigenvalue weighted by molar-refractivity contribution is 6.87. The molecule has 1 aromatic rings. The lowest BCUT2D eigenvalue weighted by Crippen LogP contribution is -2.31. The summed E-state index contributed by atoms with van der Waals surface area (Å²) in [4.78, 5) is 12.5. The van der Waals surface area contributed by atoms with Gasteiger partial charge in [0, 0.05) is 12.0 Å². The molecule has 0 amide bonds. The van der Waals surface area contributed by atoms with E-state index >= 15 is 0 Å². The van der Waals surface area contributed by atoms with Crippen LogP contribution in [0, 0.1) is 0 Å². The molecule has 0 radical (unpaired) electrons. The molecule has 2 heterocycles. The molecular formula is C17H22O3Si. The SMILES string of the molecule is CC1(C)CC2(c3ccccc3)OC(=O)C([Si](C)(C)C)=C2O1. The summed E-state index contributed by atoms with van der Waals surface area (Å²) >= 11 is 0. The Hall–Kier alpha value is -1.55. The van der Waals surface area contributed by atoms with Gasteiger partial charge in [0.2, 0.25) is 0 Å². The van der Waals surface area contributed by atoms with Crippen LogP contribution in [0.2, 0.25) is 19.6 Å². The molecule has 21 heavy (non-hydrogen) atoms. The summed E-state index contributed by atoms with van der Waals surface area (Å²) in [5, 5.41) is 0.803. The van der Waals surface area contributed by atoms with Crippen LogP contribution in [-0.4, -0.2) is 19.6 Å². The molecule has 0 aromatic heterocycles. The van der Waals surface area contributed by atoms with Gasteiger partial charge in [-0.05, 0) is 13.8 Å². The lowest BCUT2D eigenvalue weighted by Gasteiger charge is -2.24. The Labute approximate surface area is 127 Å². The van der Waals surface area contributed by atoms with E-state index < -0.39 is 13.7 Å². The fourth-order valence-corrected chi connectivity index (χ4v) is 4.96. The summed E-state index contributed by atoms with van der Waals surface area (Å²) in [5.74, 6) is 0.575. The highest BCUT2D eigenvalue weighted by Crippen LogP contribution is 2.55. The van der Waals surface area contributed by atoms with E-state index in [1.54, 1.807) is 0 Å². The summed E-state index contributed by atoms with van der Waals surface area (Å²) in [6.45, 7) is 10.6. The first-order valence-corrected chi connectivity index (χ1v) is 10.9. The predicted octanol–water partition coefficient (Wildman–Crippen LogP) is 3.77. The second-order valence-electron chi connectivity index (χ2n) is 7.58. The van der Waals surface area contributed by atoms with Gasteiger partial charge in [-0.15, -0.1) is 0 Å². The van der Waals surface area contributed by atoms with Crippen molar-refractivity contribution in [1.82, 2.24) is 0 Å². The largest absolute Gasteiger partial charge is 0.487 e. The quantitative estimate of drug-likeness (QED) is 0.616. The fourth-order valence-electron chi connectivity index (χ4n) is 3.36. The van der Waals surface area contributed by atoms with Gasteiger partial charge in [-0.25, -0.2) is 4.79 Å². The van der Waals surface area contributed by atoms with Crippen LogP contribution in [0.5, 0.6) is 0 Å². The monoisotopic (exact) mass is 302 g/mol. The van der Waals surface area contributed by atoms with Gasteiger partial charge in [0.1, 0.15) is 5.60 Å². The molecule has 3 rings (SSSR count). The van der Waals surface area contributed by atoms with Crippen molar-refractivity contribution >= 4 is 14.0 Å². The number of carbonyl (C=O) groups is 1. The topological polar surface area (TPSA) is 35.5 Å². The molecule has 2 aliphatic heterocycles. The minimum absolute atomic E-state index is 0.191.